The number of carbonyl (C=O) groups excluding carboxylic acids is 2. The van der Waals surface area contributed by atoms with E-state index in [9.17, 15) is 14.0 Å². The first-order chi connectivity index (χ1) is 12.0. The summed E-state index contributed by atoms with van der Waals surface area (Å²) in [4.78, 5) is 32.4. The number of aromatic nitrogens is 1. The maximum Gasteiger partial charge on any atom is 0.254 e. The number of carbonyl (C=O) groups is 2. The Hall–Kier alpha value is -2.76. The molecule has 0 aliphatic carbocycles. The monoisotopic (exact) mass is 341 g/mol. The Kier molecular flexibility index (Phi) is 5.07. The van der Waals surface area contributed by atoms with Crippen LogP contribution in [0.4, 0.5) is 4.39 Å². The first-order valence-corrected chi connectivity index (χ1v) is 8.27. The minimum atomic E-state index is -0.380. The summed E-state index contributed by atoms with van der Waals surface area (Å²) in [6.07, 6.45) is 1.93. The van der Waals surface area contributed by atoms with Crippen molar-refractivity contribution < 1.29 is 14.0 Å². The molecule has 2 amide bonds. The Balaban J connectivity index is 1.57. The number of benzene rings is 1. The molecule has 130 valence electrons. The number of halogens is 1. The highest BCUT2D eigenvalue weighted by Crippen LogP contribution is 2.13. The van der Waals surface area contributed by atoms with E-state index in [4.69, 9.17) is 0 Å². The molecular weight excluding hydrogens is 321 g/mol. The minimum absolute atomic E-state index is 0.00665. The van der Waals surface area contributed by atoms with E-state index in [1.54, 1.807) is 35.1 Å². The summed E-state index contributed by atoms with van der Waals surface area (Å²) in [7, 11) is 0. The lowest BCUT2D eigenvalue weighted by Gasteiger charge is -2.34. The van der Waals surface area contributed by atoms with Gasteiger partial charge in [-0.1, -0.05) is 12.1 Å². The smallest absolute Gasteiger partial charge is 0.254 e. The third-order valence-corrected chi connectivity index (χ3v) is 4.40. The van der Waals surface area contributed by atoms with Crippen molar-refractivity contribution in [1.29, 1.82) is 0 Å². The lowest BCUT2D eigenvalue weighted by molar-refractivity contribution is -0.132. The van der Waals surface area contributed by atoms with Crippen molar-refractivity contribution in [2.45, 2.75) is 13.3 Å². The molecule has 0 unspecified atom stereocenters. The molecule has 0 atom stereocenters. The highest BCUT2D eigenvalue weighted by Gasteiger charge is 2.25. The molecule has 1 saturated heterocycles. The summed E-state index contributed by atoms with van der Waals surface area (Å²) in [6.45, 7) is 3.51. The third-order valence-electron chi connectivity index (χ3n) is 4.40. The van der Waals surface area contributed by atoms with Crippen LogP contribution in [0.25, 0.3) is 0 Å². The zero-order chi connectivity index (χ0) is 17.8. The molecule has 1 aliphatic rings. The van der Waals surface area contributed by atoms with Crippen molar-refractivity contribution in [2.24, 2.45) is 0 Å². The Labute approximate surface area is 146 Å². The molecule has 0 radical (unpaired) electrons. The van der Waals surface area contributed by atoms with E-state index in [-0.39, 0.29) is 24.1 Å². The molecule has 0 spiro atoms. The number of piperazine rings is 1. The van der Waals surface area contributed by atoms with Crippen molar-refractivity contribution in [3.8, 4) is 0 Å². The first kappa shape index (κ1) is 17.1. The number of amides is 2. The summed E-state index contributed by atoms with van der Waals surface area (Å²) in [5, 5.41) is 0. The molecule has 1 aromatic heterocycles. The minimum Gasteiger partial charge on any atom is -0.339 e. The van der Waals surface area contributed by atoms with Gasteiger partial charge in [-0.3, -0.25) is 14.6 Å². The molecule has 0 saturated carbocycles. The zero-order valence-electron chi connectivity index (χ0n) is 14.1. The normalized spacial score (nSPS) is 14.5. The Morgan fingerprint density at radius 2 is 1.80 bits per heavy atom. The van der Waals surface area contributed by atoms with Crippen molar-refractivity contribution >= 4 is 11.8 Å². The van der Waals surface area contributed by atoms with Crippen molar-refractivity contribution in [3.05, 3.63) is 65.2 Å². The van der Waals surface area contributed by atoms with Gasteiger partial charge >= 0.3 is 0 Å². The van der Waals surface area contributed by atoms with Crippen LogP contribution in [0.2, 0.25) is 0 Å². The van der Waals surface area contributed by atoms with Crippen molar-refractivity contribution in [1.82, 2.24) is 14.8 Å². The van der Waals surface area contributed by atoms with Crippen LogP contribution < -0.4 is 0 Å². The van der Waals surface area contributed by atoms with Crippen LogP contribution in [0.1, 0.15) is 21.6 Å². The number of rotatable bonds is 3. The van der Waals surface area contributed by atoms with Crippen LogP contribution in [0.15, 0.2) is 42.6 Å². The average Bonchev–Trinajstić information content (AvgIpc) is 2.64. The number of hydrogen-bond acceptors (Lipinski definition) is 3. The number of aryl methyl sites for hydroxylation is 1. The second kappa shape index (κ2) is 7.42. The van der Waals surface area contributed by atoms with Gasteiger partial charge in [0, 0.05) is 43.6 Å². The van der Waals surface area contributed by atoms with Gasteiger partial charge in [-0.15, -0.1) is 0 Å². The summed E-state index contributed by atoms with van der Waals surface area (Å²) < 4.78 is 13.7. The fourth-order valence-electron chi connectivity index (χ4n) is 2.84. The van der Waals surface area contributed by atoms with E-state index >= 15 is 0 Å². The Morgan fingerprint density at radius 3 is 2.44 bits per heavy atom. The van der Waals surface area contributed by atoms with Gasteiger partial charge in [0.2, 0.25) is 5.91 Å². The molecular formula is C19H20FN3O2. The zero-order valence-corrected chi connectivity index (χ0v) is 14.1. The Bertz CT molecular complexity index is 771. The van der Waals surface area contributed by atoms with E-state index in [0.717, 1.165) is 5.69 Å². The molecule has 0 N–H and O–H groups in total. The summed E-state index contributed by atoms with van der Waals surface area (Å²) in [5.41, 5.74) is 1.60. The van der Waals surface area contributed by atoms with Crippen LogP contribution in [-0.4, -0.2) is 52.8 Å². The summed E-state index contributed by atoms with van der Waals surface area (Å²) in [5.74, 6) is -0.571. The maximum absolute atomic E-state index is 13.7. The number of hydrogen-bond donors (Lipinski definition) is 0. The highest BCUT2D eigenvalue weighted by molar-refractivity contribution is 5.94. The summed E-state index contributed by atoms with van der Waals surface area (Å²) in [6, 6.07) is 10.0. The maximum atomic E-state index is 13.7. The SMILES string of the molecule is Cc1ccc(C(=O)N2CCN(C(=O)Cc3ccccn3)CC2)cc1F. The van der Waals surface area contributed by atoms with E-state index < -0.39 is 0 Å². The molecule has 2 aromatic rings. The van der Waals surface area contributed by atoms with E-state index in [1.807, 2.05) is 18.2 Å². The standard InChI is InChI=1S/C19H20FN3O2/c1-14-5-6-15(12-17(14)20)19(25)23-10-8-22(9-11-23)18(24)13-16-4-2-3-7-21-16/h2-7,12H,8-11,13H2,1H3. The van der Waals surface area contributed by atoms with Gasteiger partial charge in [-0.2, -0.15) is 0 Å². The second-order valence-electron chi connectivity index (χ2n) is 6.13. The molecule has 1 aliphatic heterocycles. The van der Waals surface area contributed by atoms with E-state index in [0.29, 0.717) is 37.3 Å². The van der Waals surface area contributed by atoms with Crippen LogP contribution in [-0.2, 0) is 11.2 Å². The fourth-order valence-corrected chi connectivity index (χ4v) is 2.84. The van der Waals surface area contributed by atoms with Gasteiger partial charge in [0.15, 0.2) is 0 Å². The van der Waals surface area contributed by atoms with Crippen LogP contribution in [0, 0.1) is 12.7 Å². The van der Waals surface area contributed by atoms with Crippen molar-refractivity contribution in [3.63, 3.8) is 0 Å². The van der Waals surface area contributed by atoms with Crippen LogP contribution in [0.3, 0.4) is 0 Å². The van der Waals surface area contributed by atoms with Crippen molar-refractivity contribution in [2.75, 3.05) is 26.2 Å². The lowest BCUT2D eigenvalue weighted by atomic mass is 10.1. The Morgan fingerprint density at radius 1 is 1.08 bits per heavy atom. The van der Waals surface area contributed by atoms with Gasteiger partial charge in [-0.05, 0) is 36.8 Å². The predicted octanol–water partition coefficient (Wildman–Crippen LogP) is 2.06. The van der Waals surface area contributed by atoms with E-state index in [2.05, 4.69) is 4.98 Å². The van der Waals surface area contributed by atoms with Gasteiger partial charge in [0.05, 0.1) is 6.42 Å². The largest absolute Gasteiger partial charge is 0.339 e. The summed E-state index contributed by atoms with van der Waals surface area (Å²) >= 11 is 0. The number of pyridine rings is 1. The molecule has 5 nitrogen and oxygen atoms in total. The molecule has 25 heavy (non-hydrogen) atoms. The molecule has 6 heteroatoms. The number of nitrogens with zero attached hydrogens (tertiary/aromatic N) is 3. The second-order valence-corrected chi connectivity index (χ2v) is 6.13. The average molecular weight is 341 g/mol. The van der Waals surface area contributed by atoms with Gasteiger partial charge in [0.1, 0.15) is 5.82 Å². The fraction of sp³-hybridized carbons (Fsp3) is 0.316. The van der Waals surface area contributed by atoms with Crippen LogP contribution in [0.5, 0.6) is 0 Å². The lowest BCUT2D eigenvalue weighted by Crippen LogP contribution is -2.51. The first-order valence-electron chi connectivity index (χ1n) is 8.27. The van der Waals surface area contributed by atoms with E-state index in [1.165, 1.54) is 6.07 Å². The molecule has 0 bridgehead atoms. The van der Waals surface area contributed by atoms with Gasteiger partial charge in [0.25, 0.3) is 5.91 Å². The molecule has 3 rings (SSSR count). The topological polar surface area (TPSA) is 53.5 Å². The highest BCUT2D eigenvalue weighted by atomic mass is 19.1. The van der Waals surface area contributed by atoms with Gasteiger partial charge < -0.3 is 9.80 Å². The van der Waals surface area contributed by atoms with Gasteiger partial charge in [-0.25, -0.2) is 4.39 Å². The third kappa shape index (κ3) is 4.02. The quantitative estimate of drug-likeness (QED) is 0.859. The predicted molar refractivity (Wildman–Crippen MR) is 91.6 cm³/mol. The van der Waals surface area contributed by atoms with Crippen LogP contribution >= 0.6 is 0 Å². The molecule has 1 aromatic carbocycles. The molecule has 2 heterocycles. The molecule has 1 fully saturated rings.